The van der Waals surface area contributed by atoms with E-state index in [1.165, 1.54) is 5.69 Å². The van der Waals surface area contributed by atoms with E-state index >= 15 is 0 Å². The summed E-state index contributed by atoms with van der Waals surface area (Å²) in [5.41, 5.74) is 10.9. The highest BCUT2D eigenvalue weighted by atomic mass is 32.2. The number of H-pyrrole nitrogens is 1. The first-order valence-electron chi connectivity index (χ1n) is 11.7. The smallest absolute Gasteiger partial charge is 0.290 e. The molecule has 186 valence electrons. The predicted molar refractivity (Wildman–Crippen MR) is 140 cm³/mol. The molecular weight excluding hydrogens is 464 g/mol. The Bertz CT molecular complexity index is 1290. The maximum atomic E-state index is 12.7. The fourth-order valence-corrected chi connectivity index (χ4v) is 6.72. The second-order valence-electron chi connectivity index (χ2n) is 9.10. The monoisotopic (exact) mass is 496 g/mol. The molecule has 5 rings (SSSR count). The average molecular weight is 497 g/mol. The maximum absolute atomic E-state index is 12.7. The van der Waals surface area contributed by atoms with Gasteiger partial charge in [-0.15, -0.1) is 0 Å². The number of hydrogen-bond acceptors (Lipinski definition) is 6. The van der Waals surface area contributed by atoms with Gasteiger partial charge in [0.1, 0.15) is 5.75 Å². The molecule has 5 N–H and O–H groups in total. The minimum atomic E-state index is -2.14. The molecule has 3 atom stereocenters. The van der Waals surface area contributed by atoms with Crippen LogP contribution in [-0.4, -0.2) is 43.7 Å². The van der Waals surface area contributed by atoms with E-state index in [-0.39, 0.29) is 12.6 Å². The number of rotatable bonds is 5. The van der Waals surface area contributed by atoms with Crippen LogP contribution in [0.15, 0.2) is 47.4 Å². The van der Waals surface area contributed by atoms with E-state index in [2.05, 4.69) is 34.4 Å². The lowest BCUT2D eigenvalue weighted by molar-refractivity contribution is -0.122. The van der Waals surface area contributed by atoms with Crippen molar-refractivity contribution in [3.8, 4) is 5.75 Å². The summed E-state index contributed by atoms with van der Waals surface area (Å²) in [5.74, 6) is 6.74. The molecule has 1 fully saturated rings. The highest BCUT2D eigenvalue weighted by Crippen LogP contribution is 2.39. The lowest BCUT2D eigenvalue weighted by atomic mass is 10.0. The quantitative estimate of drug-likeness (QED) is 0.233. The minimum Gasteiger partial charge on any atom is -0.490 e. The van der Waals surface area contributed by atoms with E-state index in [9.17, 15) is 4.21 Å². The molecule has 0 radical (unpaired) electrons. The van der Waals surface area contributed by atoms with E-state index in [0.29, 0.717) is 11.7 Å². The zero-order chi connectivity index (χ0) is 25.0. The fraction of sp³-hybridized carbons (Fsp3) is 0.346. The molecule has 1 saturated carbocycles. The Balaban J connectivity index is 0.000000917. The van der Waals surface area contributed by atoms with E-state index in [1.54, 1.807) is 0 Å². The molecule has 0 bridgehead atoms. The maximum Gasteiger partial charge on any atom is 0.290 e. The summed E-state index contributed by atoms with van der Waals surface area (Å²) in [6.07, 6.45) is 5.11. The largest absolute Gasteiger partial charge is 0.490 e. The van der Waals surface area contributed by atoms with Crippen molar-refractivity contribution < 1.29 is 18.8 Å². The number of aromatic nitrogens is 2. The molecule has 35 heavy (non-hydrogen) atoms. The number of aromatic amines is 1. The Morgan fingerprint density at radius 2 is 2.00 bits per heavy atom. The third-order valence-electron chi connectivity index (χ3n) is 6.67. The molecule has 1 aromatic heterocycles. The predicted octanol–water partition coefficient (Wildman–Crippen LogP) is 4.48. The molecule has 0 spiro atoms. The molecule has 8 nitrogen and oxygen atoms in total. The standard InChI is InChI=1S/C25H30N4O2S.CH2O2/c1-16-24(18-5-9-22(15-18)31-21-10-6-19(26)7-11-21)28-29-25(16)27-20-8-12-23-17(14-20)4-3-13-32(23,2)30;2-1-3/h6-8,10-12,14,18,22H,2-5,9,13,15,26H2,1H3,(H2,27,28,29);1H,(H,2,3). The van der Waals surface area contributed by atoms with Crippen LogP contribution in [0.5, 0.6) is 5.75 Å². The van der Waals surface area contributed by atoms with Gasteiger partial charge in [-0.05, 0) is 102 Å². The number of anilines is 3. The van der Waals surface area contributed by atoms with Crippen molar-refractivity contribution >= 4 is 39.1 Å². The molecule has 0 saturated heterocycles. The van der Waals surface area contributed by atoms with Gasteiger partial charge in [-0.25, -0.2) is 0 Å². The van der Waals surface area contributed by atoms with Gasteiger partial charge in [-0.1, -0.05) is 0 Å². The van der Waals surface area contributed by atoms with Crippen molar-refractivity contribution in [2.45, 2.75) is 55.9 Å². The van der Waals surface area contributed by atoms with Crippen LogP contribution >= 0.6 is 0 Å². The van der Waals surface area contributed by atoms with Gasteiger partial charge in [-0.3, -0.25) is 14.1 Å². The van der Waals surface area contributed by atoms with Crippen LogP contribution in [0, 0.1) is 6.92 Å². The van der Waals surface area contributed by atoms with Crippen LogP contribution in [0.3, 0.4) is 0 Å². The zero-order valence-electron chi connectivity index (χ0n) is 19.8. The lowest BCUT2D eigenvalue weighted by Crippen LogP contribution is -2.15. The summed E-state index contributed by atoms with van der Waals surface area (Å²) in [6.45, 7) is 1.86. The van der Waals surface area contributed by atoms with Crippen molar-refractivity contribution in [2.75, 3.05) is 16.8 Å². The number of aryl methyl sites for hydroxylation is 1. The normalized spacial score (nSPS) is 23.0. The Kier molecular flexibility index (Phi) is 7.35. The third kappa shape index (κ3) is 5.62. The van der Waals surface area contributed by atoms with Crippen LogP contribution in [-0.2, 0) is 20.7 Å². The van der Waals surface area contributed by atoms with Gasteiger partial charge in [-0.2, -0.15) is 5.10 Å². The van der Waals surface area contributed by atoms with E-state index in [4.69, 9.17) is 20.4 Å². The Hall–Kier alpha value is -3.46. The number of nitrogens with two attached hydrogens (primary N) is 1. The summed E-state index contributed by atoms with van der Waals surface area (Å²) < 4.78 is 18.9. The van der Waals surface area contributed by atoms with E-state index in [1.807, 2.05) is 36.4 Å². The van der Waals surface area contributed by atoms with Gasteiger partial charge in [0, 0.05) is 39.2 Å². The molecule has 2 aliphatic rings. The first-order valence-corrected chi connectivity index (χ1v) is 13.6. The number of carboxylic acid groups (broad SMARTS) is 1. The number of benzene rings is 2. The first kappa shape index (κ1) is 24.7. The fourth-order valence-electron chi connectivity index (χ4n) is 4.94. The van der Waals surface area contributed by atoms with Crippen molar-refractivity contribution in [1.29, 1.82) is 0 Å². The summed E-state index contributed by atoms with van der Waals surface area (Å²) in [7, 11) is -2.14. The van der Waals surface area contributed by atoms with Crippen LogP contribution in [0.2, 0.25) is 0 Å². The number of fused-ring (bicyclic) bond motifs is 1. The Morgan fingerprint density at radius 3 is 2.74 bits per heavy atom. The third-order valence-corrected chi connectivity index (χ3v) is 8.82. The Morgan fingerprint density at radius 1 is 1.26 bits per heavy atom. The van der Waals surface area contributed by atoms with Crippen molar-refractivity contribution in [1.82, 2.24) is 10.2 Å². The first-order chi connectivity index (χ1) is 16.8. The highest BCUT2D eigenvalue weighted by Gasteiger charge is 2.30. The van der Waals surface area contributed by atoms with Crippen molar-refractivity contribution in [3.05, 3.63) is 59.3 Å². The van der Waals surface area contributed by atoms with E-state index in [0.717, 1.165) is 71.1 Å². The van der Waals surface area contributed by atoms with Crippen LogP contribution < -0.4 is 15.8 Å². The molecule has 0 amide bonds. The summed E-state index contributed by atoms with van der Waals surface area (Å²) in [4.78, 5) is 9.27. The van der Waals surface area contributed by atoms with Crippen molar-refractivity contribution in [3.63, 3.8) is 0 Å². The van der Waals surface area contributed by atoms with Gasteiger partial charge >= 0.3 is 0 Å². The molecule has 3 aromatic rings. The number of nitrogens with zero attached hydrogens (tertiary/aromatic N) is 1. The highest BCUT2D eigenvalue weighted by molar-refractivity contribution is 8.00. The van der Waals surface area contributed by atoms with Gasteiger partial charge in [0.05, 0.1) is 6.10 Å². The van der Waals surface area contributed by atoms with Crippen LogP contribution in [0.25, 0.3) is 0 Å². The van der Waals surface area contributed by atoms with Crippen LogP contribution in [0.1, 0.15) is 48.4 Å². The second-order valence-corrected chi connectivity index (χ2v) is 11.6. The summed E-state index contributed by atoms with van der Waals surface area (Å²) >= 11 is 0. The molecule has 9 heteroatoms. The van der Waals surface area contributed by atoms with Crippen molar-refractivity contribution in [2.24, 2.45) is 0 Å². The molecular formula is C26H32N4O4S. The molecule has 2 aromatic carbocycles. The SMILES string of the molecule is C=S1(=O)CCCc2cc(Nc3n[nH]c(C4CCC(Oc5ccc(N)cc5)C4)c3C)ccc21.O=CO. The molecule has 3 unspecified atom stereocenters. The topological polar surface area (TPSA) is 130 Å². The number of ether oxygens (including phenoxy) is 1. The van der Waals surface area contributed by atoms with Crippen LogP contribution in [0.4, 0.5) is 17.2 Å². The van der Waals surface area contributed by atoms with Gasteiger partial charge in [0.15, 0.2) is 5.82 Å². The zero-order valence-corrected chi connectivity index (χ0v) is 20.6. The number of carbonyl (C=O) groups is 1. The number of hydrogen-bond donors (Lipinski definition) is 4. The van der Waals surface area contributed by atoms with Gasteiger partial charge in [0.25, 0.3) is 6.47 Å². The average Bonchev–Trinajstić information content (AvgIpc) is 3.42. The molecule has 1 aliphatic heterocycles. The number of nitrogens with one attached hydrogen (secondary N) is 2. The second kappa shape index (κ2) is 10.4. The van der Waals surface area contributed by atoms with Gasteiger partial charge in [0.2, 0.25) is 0 Å². The Labute approximate surface area is 205 Å². The molecule has 1 aliphatic carbocycles. The summed E-state index contributed by atoms with van der Waals surface area (Å²) in [6, 6.07) is 13.6. The van der Waals surface area contributed by atoms with E-state index < -0.39 is 9.52 Å². The van der Waals surface area contributed by atoms with Gasteiger partial charge < -0.3 is 20.9 Å². The lowest BCUT2D eigenvalue weighted by Gasteiger charge is -2.20. The number of nitrogen functional groups attached to an aromatic ring is 1. The minimum absolute atomic E-state index is 0.195. The molecule has 2 heterocycles. The summed E-state index contributed by atoms with van der Waals surface area (Å²) in [5, 5.41) is 18.2.